The Balaban J connectivity index is 1.38. The molecule has 1 fully saturated rings. The Bertz CT molecular complexity index is 1410. The van der Waals surface area contributed by atoms with Crippen LogP contribution in [0.25, 0.3) is 0 Å². The van der Waals surface area contributed by atoms with Crippen molar-refractivity contribution in [1.29, 1.82) is 0 Å². The summed E-state index contributed by atoms with van der Waals surface area (Å²) in [5, 5.41) is 12.3. The lowest BCUT2D eigenvalue weighted by atomic mass is 9.89. The summed E-state index contributed by atoms with van der Waals surface area (Å²) >= 11 is 0. The van der Waals surface area contributed by atoms with E-state index in [1.165, 1.54) is 17.2 Å². The molecule has 2 aliphatic rings. The number of nitrogens with zero attached hydrogens (tertiary/aromatic N) is 1. The Morgan fingerprint density at radius 1 is 1.05 bits per heavy atom. The summed E-state index contributed by atoms with van der Waals surface area (Å²) in [5.41, 5.74) is 5.72. The molecule has 0 aliphatic carbocycles. The maximum absolute atomic E-state index is 12.1. The molecule has 228 valence electrons. The van der Waals surface area contributed by atoms with Crippen molar-refractivity contribution in [3.63, 3.8) is 0 Å². The van der Waals surface area contributed by atoms with Crippen molar-refractivity contribution in [2.45, 2.75) is 45.0 Å². The van der Waals surface area contributed by atoms with Crippen molar-refractivity contribution in [2.24, 2.45) is 5.92 Å². The number of amides is 1. The van der Waals surface area contributed by atoms with E-state index in [2.05, 4.69) is 35.9 Å². The summed E-state index contributed by atoms with van der Waals surface area (Å²) in [7, 11) is 3.32. The van der Waals surface area contributed by atoms with Crippen molar-refractivity contribution in [3.05, 3.63) is 101 Å². The molecule has 3 aromatic rings. The number of aliphatic hydroxyl groups is 1. The van der Waals surface area contributed by atoms with Gasteiger partial charge in [0.1, 0.15) is 6.61 Å². The summed E-state index contributed by atoms with van der Waals surface area (Å²) in [6, 6.07) is 19.4. The molecule has 1 amide bonds. The van der Waals surface area contributed by atoms with Crippen LogP contribution in [-0.4, -0.2) is 56.1 Å². The number of anilines is 1. The second-order valence-electron chi connectivity index (χ2n) is 10.9. The molecule has 0 saturated carbocycles. The third-order valence-electron chi connectivity index (χ3n) is 8.10. The Labute approximate surface area is 253 Å². The van der Waals surface area contributed by atoms with Gasteiger partial charge in [-0.2, -0.15) is 0 Å². The standard InChI is InChI=1S/C34H40N2O7/c1-5-15-41-34(38)35-28-8-6-7-26(16-28)33-42-31(22(2)32(43-33)24-11-9-23(21-37)10-12-24)20-36-14-13-25-17-29(39-3)30(40-4)18-27(25)19-36/h5-12,16-18,22,31-33,37H,1,13-15,19-21H2,2-4H3,(H,35,38). The number of fused-ring (bicyclic) bond motifs is 1. The van der Waals surface area contributed by atoms with Gasteiger partial charge in [0, 0.05) is 36.8 Å². The zero-order chi connectivity index (χ0) is 30.3. The van der Waals surface area contributed by atoms with Gasteiger partial charge in [0.2, 0.25) is 0 Å². The second kappa shape index (κ2) is 14.1. The predicted molar refractivity (Wildman–Crippen MR) is 163 cm³/mol. The first-order valence-electron chi connectivity index (χ1n) is 14.5. The average Bonchev–Trinajstić information content (AvgIpc) is 3.04. The number of methoxy groups -OCH3 is 2. The third-order valence-corrected chi connectivity index (χ3v) is 8.10. The van der Waals surface area contributed by atoms with Crippen LogP contribution in [0.15, 0.2) is 73.3 Å². The van der Waals surface area contributed by atoms with Gasteiger partial charge in [0.05, 0.1) is 33.0 Å². The molecule has 9 heteroatoms. The first-order valence-corrected chi connectivity index (χ1v) is 14.5. The van der Waals surface area contributed by atoms with Crippen LogP contribution in [0.2, 0.25) is 0 Å². The molecule has 0 spiro atoms. The maximum atomic E-state index is 12.1. The number of hydrogen-bond acceptors (Lipinski definition) is 8. The van der Waals surface area contributed by atoms with Gasteiger partial charge in [0.15, 0.2) is 17.8 Å². The van der Waals surface area contributed by atoms with Crippen molar-refractivity contribution < 1.29 is 33.6 Å². The number of ether oxygens (including phenoxy) is 5. The molecule has 5 rings (SSSR count). The zero-order valence-electron chi connectivity index (χ0n) is 25.0. The van der Waals surface area contributed by atoms with E-state index >= 15 is 0 Å². The van der Waals surface area contributed by atoms with Crippen LogP contribution < -0.4 is 14.8 Å². The molecular weight excluding hydrogens is 548 g/mol. The molecule has 2 heterocycles. The third kappa shape index (κ3) is 7.19. The largest absolute Gasteiger partial charge is 0.493 e. The number of aliphatic hydroxyl groups excluding tert-OH is 1. The van der Waals surface area contributed by atoms with Gasteiger partial charge in [-0.05, 0) is 52.9 Å². The minimum Gasteiger partial charge on any atom is -0.493 e. The highest BCUT2D eigenvalue weighted by Gasteiger charge is 2.39. The summed E-state index contributed by atoms with van der Waals surface area (Å²) in [6.07, 6.45) is 0.817. The van der Waals surface area contributed by atoms with E-state index in [4.69, 9.17) is 23.7 Å². The predicted octanol–water partition coefficient (Wildman–Crippen LogP) is 5.78. The molecule has 9 nitrogen and oxygen atoms in total. The van der Waals surface area contributed by atoms with Gasteiger partial charge in [-0.25, -0.2) is 4.79 Å². The monoisotopic (exact) mass is 588 g/mol. The van der Waals surface area contributed by atoms with Crippen LogP contribution in [0, 0.1) is 5.92 Å². The van der Waals surface area contributed by atoms with Crippen LogP contribution in [0.5, 0.6) is 11.5 Å². The number of nitrogens with one attached hydrogen (secondary N) is 1. The molecule has 4 unspecified atom stereocenters. The summed E-state index contributed by atoms with van der Waals surface area (Å²) < 4.78 is 29.4. The lowest BCUT2D eigenvalue weighted by molar-refractivity contribution is -0.276. The van der Waals surface area contributed by atoms with Crippen molar-refractivity contribution in [1.82, 2.24) is 4.90 Å². The smallest absolute Gasteiger partial charge is 0.411 e. The van der Waals surface area contributed by atoms with E-state index in [9.17, 15) is 9.90 Å². The highest BCUT2D eigenvalue weighted by Crippen LogP contribution is 2.43. The number of benzene rings is 3. The molecule has 0 radical (unpaired) electrons. The zero-order valence-corrected chi connectivity index (χ0v) is 25.0. The molecule has 2 aliphatic heterocycles. The van der Waals surface area contributed by atoms with Gasteiger partial charge in [-0.3, -0.25) is 10.2 Å². The number of carbonyl (C=O) groups excluding carboxylic acids is 1. The molecular formula is C34H40N2O7. The maximum Gasteiger partial charge on any atom is 0.411 e. The van der Waals surface area contributed by atoms with Crippen LogP contribution in [-0.2, 0) is 33.8 Å². The SMILES string of the molecule is C=CCOC(=O)Nc1cccc(C2OC(CN3CCc4cc(OC)c(OC)cc4C3)C(C)C(c3ccc(CO)cc3)O2)c1. The van der Waals surface area contributed by atoms with Gasteiger partial charge in [-0.15, -0.1) is 0 Å². The molecule has 43 heavy (non-hydrogen) atoms. The highest BCUT2D eigenvalue weighted by molar-refractivity contribution is 5.84. The van der Waals surface area contributed by atoms with Crippen molar-refractivity contribution in [3.8, 4) is 11.5 Å². The first kappa shape index (κ1) is 30.6. The van der Waals surface area contributed by atoms with Crippen LogP contribution in [0.3, 0.4) is 0 Å². The van der Waals surface area contributed by atoms with E-state index in [0.717, 1.165) is 47.7 Å². The van der Waals surface area contributed by atoms with E-state index in [1.54, 1.807) is 20.3 Å². The van der Waals surface area contributed by atoms with E-state index < -0.39 is 12.4 Å². The van der Waals surface area contributed by atoms with E-state index in [1.807, 2.05) is 42.5 Å². The lowest BCUT2D eigenvalue weighted by Gasteiger charge is -2.43. The molecule has 4 atom stereocenters. The Hall–Kier alpha value is -3.89. The van der Waals surface area contributed by atoms with Crippen molar-refractivity contribution >= 4 is 11.8 Å². The minimum atomic E-state index is -0.656. The fraction of sp³-hybridized carbons (Fsp3) is 0.382. The van der Waals surface area contributed by atoms with Crippen molar-refractivity contribution in [2.75, 3.05) is 39.2 Å². The van der Waals surface area contributed by atoms with E-state index in [-0.39, 0.29) is 31.3 Å². The van der Waals surface area contributed by atoms with Gasteiger partial charge in [0.25, 0.3) is 0 Å². The molecule has 2 N–H and O–H groups in total. The fourth-order valence-electron chi connectivity index (χ4n) is 5.73. The quantitative estimate of drug-likeness (QED) is 0.288. The Morgan fingerprint density at radius 3 is 2.49 bits per heavy atom. The van der Waals surface area contributed by atoms with Gasteiger partial charge >= 0.3 is 6.09 Å². The first-order chi connectivity index (χ1) is 20.9. The molecule has 3 aromatic carbocycles. The van der Waals surface area contributed by atoms with E-state index in [0.29, 0.717) is 12.2 Å². The molecule has 0 aromatic heterocycles. The normalized spacial score (nSPS) is 21.9. The summed E-state index contributed by atoms with van der Waals surface area (Å²) in [4.78, 5) is 14.6. The van der Waals surface area contributed by atoms with Gasteiger partial charge < -0.3 is 28.8 Å². The average molecular weight is 589 g/mol. The van der Waals surface area contributed by atoms with Crippen LogP contribution in [0.4, 0.5) is 10.5 Å². The summed E-state index contributed by atoms with van der Waals surface area (Å²) in [6.45, 7) is 8.22. The second-order valence-corrected chi connectivity index (χ2v) is 10.9. The number of rotatable bonds is 10. The van der Waals surface area contributed by atoms with Crippen LogP contribution in [0.1, 0.15) is 47.1 Å². The molecule has 1 saturated heterocycles. The lowest BCUT2D eigenvalue weighted by Crippen LogP contribution is -2.45. The summed E-state index contributed by atoms with van der Waals surface area (Å²) in [5.74, 6) is 1.52. The number of hydrogen-bond donors (Lipinski definition) is 2. The number of carbonyl (C=O) groups is 1. The van der Waals surface area contributed by atoms with Crippen LogP contribution >= 0.6 is 0 Å². The minimum absolute atomic E-state index is 0.0160. The Morgan fingerprint density at radius 2 is 1.79 bits per heavy atom. The molecule has 0 bridgehead atoms. The topological polar surface area (TPSA) is 98.7 Å². The fourth-order valence-corrected chi connectivity index (χ4v) is 5.73. The van der Waals surface area contributed by atoms with Gasteiger partial charge in [-0.1, -0.05) is 56.0 Å². The highest BCUT2D eigenvalue weighted by atomic mass is 16.7. The Kier molecular flexibility index (Phi) is 9.99.